The van der Waals surface area contributed by atoms with E-state index in [1.165, 1.54) is 0 Å². The minimum absolute atomic E-state index is 0.103. The molecule has 6 heteroatoms. The van der Waals surface area contributed by atoms with Gasteiger partial charge in [0, 0.05) is 43.5 Å². The molecule has 0 saturated carbocycles. The molecule has 2 aromatic rings. The summed E-state index contributed by atoms with van der Waals surface area (Å²) >= 11 is 0. The Balaban J connectivity index is 1.55. The molecular formula is C17H21N3O3. The molecule has 6 nitrogen and oxygen atoms in total. The zero-order valence-corrected chi connectivity index (χ0v) is 13.2. The van der Waals surface area contributed by atoms with Crippen molar-refractivity contribution < 1.29 is 14.3 Å². The van der Waals surface area contributed by atoms with E-state index >= 15 is 0 Å². The van der Waals surface area contributed by atoms with Gasteiger partial charge in [-0.25, -0.2) is 4.79 Å². The van der Waals surface area contributed by atoms with Crippen LogP contribution in [0.5, 0.6) is 0 Å². The number of fused-ring (bicyclic) bond motifs is 1. The molecule has 1 saturated heterocycles. The standard InChI is InChI=1S/C17H21N3O3/c1-2-23-17(22)20-9-7-19(8-10-20)12-16(21)14-4-3-13-5-6-18-15(13)11-14/h3-6,11,18H,2,7-10,12H2,1H3. The van der Waals surface area contributed by atoms with Crippen molar-refractivity contribution in [3.05, 3.63) is 36.0 Å². The molecule has 1 fully saturated rings. The highest BCUT2D eigenvalue weighted by Crippen LogP contribution is 2.15. The summed E-state index contributed by atoms with van der Waals surface area (Å²) in [6, 6.07) is 7.70. The van der Waals surface area contributed by atoms with E-state index in [9.17, 15) is 9.59 Å². The molecule has 0 unspecified atom stereocenters. The van der Waals surface area contributed by atoms with Crippen molar-refractivity contribution in [3.8, 4) is 0 Å². The summed E-state index contributed by atoms with van der Waals surface area (Å²) in [4.78, 5) is 31.0. The van der Waals surface area contributed by atoms with Gasteiger partial charge in [-0.1, -0.05) is 12.1 Å². The second-order valence-corrected chi connectivity index (χ2v) is 5.66. The first-order chi connectivity index (χ1) is 11.2. The van der Waals surface area contributed by atoms with Crippen LogP contribution in [0.4, 0.5) is 4.79 Å². The van der Waals surface area contributed by atoms with E-state index in [1.807, 2.05) is 30.5 Å². The lowest BCUT2D eigenvalue weighted by atomic mass is 10.1. The topological polar surface area (TPSA) is 65.6 Å². The molecule has 122 valence electrons. The molecule has 1 aliphatic heterocycles. The van der Waals surface area contributed by atoms with Gasteiger partial charge < -0.3 is 14.6 Å². The average Bonchev–Trinajstić information content (AvgIpc) is 3.03. The predicted octanol–water partition coefficient (Wildman–Crippen LogP) is 2.12. The van der Waals surface area contributed by atoms with Crippen LogP contribution in [0.15, 0.2) is 30.5 Å². The van der Waals surface area contributed by atoms with Crippen LogP contribution in [0, 0.1) is 0 Å². The number of aromatic amines is 1. The van der Waals surface area contributed by atoms with E-state index in [4.69, 9.17) is 4.74 Å². The number of ketones is 1. The maximum absolute atomic E-state index is 12.4. The zero-order chi connectivity index (χ0) is 16.2. The summed E-state index contributed by atoms with van der Waals surface area (Å²) in [7, 11) is 0. The summed E-state index contributed by atoms with van der Waals surface area (Å²) in [5.74, 6) is 0.103. The van der Waals surface area contributed by atoms with E-state index in [2.05, 4.69) is 9.88 Å². The van der Waals surface area contributed by atoms with Crippen molar-refractivity contribution in [2.24, 2.45) is 0 Å². The lowest BCUT2D eigenvalue weighted by Gasteiger charge is -2.33. The first-order valence-corrected chi connectivity index (χ1v) is 7.92. The van der Waals surface area contributed by atoms with Gasteiger partial charge in [-0.05, 0) is 24.4 Å². The van der Waals surface area contributed by atoms with Crippen molar-refractivity contribution in [2.45, 2.75) is 6.92 Å². The van der Waals surface area contributed by atoms with Gasteiger partial charge in [0.1, 0.15) is 0 Å². The Bertz CT molecular complexity index is 702. The molecular weight excluding hydrogens is 294 g/mol. The monoisotopic (exact) mass is 315 g/mol. The highest BCUT2D eigenvalue weighted by Gasteiger charge is 2.23. The zero-order valence-electron chi connectivity index (χ0n) is 13.2. The number of hydrogen-bond acceptors (Lipinski definition) is 4. The minimum Gasteiger partial charge on any atom is -0.450 e. The number of carbonyl (C=O) groups excluding carboxylic acids is 2. The van der Waals surface area contributed by atoms with Gasteiger partial charge >= 0.3 is 6.09 Å². The fourth-order valence-electron chi connectivity index (χ4n) is 2.82. The number of carbonyl (C=O) groups is 2. The minimum atomic E-state index is -0.268. The second-order valence-electron chi connectivity index (χ2n) is 5.66. The van der Waals surface area contributed by atoms with Crippen molar-refractivity contribution >= 4 is 22.8 Å². The van der Waals surface area contributed by atoms with Gasteiger partial charge in [-0.15, -0.1) is 0 Å². The highest BCUT2D eigenvalue weighted by molar-refractivity contribution is 6.00. The van der Waals surface area contributed by atoms with Crippen molar-refractivity contribution in [1.82, 2.24) is 14.8 Å². The largest absolute Gasteiger partial charge is 0.450 e. The molecule has 0 aliphatic carbocycles. The Morgan fingerprint density at radius 3 is 2.70 bits per heavy atom. The van der Waals surface area contributed by atoms with Crippen molar-refractivity contribution in [3.63, 3.8) is 0 Å². The molecule has 1 aliphatic rings. The smallest absolute Gasteiger partial charge is 0.409 e. The lowest BCUT2D eigenvalue weighted by molar-refractivity contribution is 0.0733. The van der Waals surface area contributed by atoms with E-state index in [-0.39, 0.29) is 11.9 Å². The van der Waals surface area contributed by atoms with Crippen LogP contribution in [0.3, 0.4) is 0 Å². The molecule has 0 radical (unpaired) electrons. The van der Waals surface area contributed by atoms with Gasteiger partial charge in [-0.3, -0.25) is 9.69 Å². The fraction of sp³-hybridized carbons (Fsp3) is 0.412. The average molecular weight is 315 g/mol. The van der Waals surface area contributed by atoms with Crippen LogP contribution in [0.2, 0.25) is 0 Å². The highest BCUT2D eigenvalue weighted by atomic mass is 16.6. The number of rotatable bonds is 4. The number of ether oxygens (including phenoxy) is 1. The molecule has 2 heterocycles. The molecule has 0 atom stereocenters. The number of piperazine rings is 1. The lowest BCUT2D eigenvalue weighted by Crippen LogP contribution is -2.50. The third kappa shape index (κ3) is 3.53. The van der Waals surface area contributed by atoms with E-state index in [1.54, 1.807) is 11.8 Å². The Morgan fingerprint density at radius 2 is 1.96 bits per heavy atom. The number of nitrogens with one attached hydrogen (secondary N) is 1. The number of H-pyrrole nitrogens is 1. The summed E-state index contributed by atoms with van der Waals surface area (Å²) in [5.41, 5.74) is 1.69. The van der Waals surface area contributed by atoms with Gasteiger partial charge in [0.2, 0.25) is 0 Å². The molecule has 1 aromatic carbocycles. The van der Waals surface area contributed by atoms with Gasteiger partial charge in [0.15, 0.2) is 5.78 Å². The third-order valence-electron chi connectivity index (χ3n) is 4.14. The van der Waals surface area contributed by atoms with Crippen LogP contribution >= 0.6 is 0 Å². The van der Waals surface area contributed by atoms with Gasteiger partial charge in [-0.2, -0.15) is 0 Å². The molecule has 0 bridgehead atoms. The summed E-state index contributed by atoms with van der Waals surface area (Å²) in [5, 5.41) is 1.10. The molecule has 23 heavy (non-hydrogen) atoms. The SMILES string of the molecule is CCOC(=O)N1CCN(CC(=O)c2ccc3cc[nH]c3c2)CC1. The van der Waals surface area contributed by atoms with E-state index in [0.29, 0.717) is 44.9 Å². The molecule has 1 aromatic heterocycles. The maximum atomic E-state index is 12.4. The Hall–Kier alpha value is -2.34. The Labute approximate surface area is 135 Å². The van der Waals surface area contributed by atoms with Crippen LogP contribution < -0.4 is 0 Å². The van der Waals surface area contributed by atoms with Crippen LogP contribution in [-0.2, 0) is 4.74 Å². The van der Waals surface area contributed by atoms with Crippen molar-refractivity contribution in [1.29, 1.82) is 0 Å². The first kappa shape index (κ1) is 15.6. The molecule has 3 rings (SSSR count). The van der Waals surface area contributed by atoms with Gasteiger partial charge in [0.25, 0.3) is 0 Å². The van der Waals surface area contributed by atoms with E-state index in [0.717, 1.165) is 10.9 Å². The summed E-state index contributed by atoms with van der Waals surface area (Å²) < 4.78 is 5.00. The van der Waals surface area contributed by atoms with Crippen LogP contribution in [0.1, 0.15) is 17.3 Å². The van der Waals surface area contributed by atoms with E-state index < -0.39 is 0 Å². The second kappa shape index (κ2) is 6.83. The van der Waals surface area contributed by atoms with Gasteiger partial charge in [0.05, 0.1) is 13.2 Å². The molecule has 0 spiro atoms. The number of benzene rings is 1. The third-order valence-corrected chi connectivity index (χ3v) is 4.14. The fourth-order valence-corrected chi connectivity index (χ4v) is 2.82. The number of Topliss-reactive ketones (excluding diaryl/α,β-unsaturated/α-hetero) is 1. The Morgan fingerprint density at radius 1 is 1.17 bits per heavy atom. The quantitative estimate of drug-likeness (QED) is 0.878. The normalized spacial score (nSPS) is 15.8. The predicted molar refractivity (Wildman–Crippen MR) is 87.7 cm³/mol. The molecule has 1 amide bonds. The van der Waals surface area contributed by atoms with Crippen LogP contribution in [-0.4, -0.2) is 66.0 Å². The maximum Gasteiger partial charge on any atom is 0.409 e. The number of hydrogen-bond donors (Lipinski definition) is 1. The van der Waals surface area contributed by atoms with Crippen LogP contribution in [0.25, 0.3) is 10.9 Å². The Kier molecular flexibility index (Phi) is 4.62. The molecule has 1 N–H and O–H groups in total. The number of nitrogens with zero attached hydrogens (tertiary/aromatic N) is 2. The summed E-state index contributed by atoms with van der Waals surface area (Å²) in [6.07, 6.45) is 1.60. The number of amides is 1. The summed E-state index contributed by atoms with van der Waals surface area (Å²) in [6.45, 7) is 5.14. The first-order valence-electron chi connectivity index (χ1n) is 7.92. The van der Waals surface area contributed by atoms with Crippen molar-refractivity contribution in [2.75, 3.05) is 39.3 Å². The number of aromatic nitrogens is 1.